The summed E-state index contributed by atoms with van der Waals surface area (Å²) in [5.41, 5.74) is 3.55. The van der Waals surface area contributed by atoms with Gasteiger partial charge in [0.25, 0.3) is 5.56 Å². The molecule has 3 heterocycles. The number of benzene rings is 2. The van der Waals surface area contributed by atoms with E-state index in [0.29, 0.717) is 29.3 Å². The maximum Gasteiger partial charge on any atom is 0.337 e. The molecule has 1 aliphatic rings. The van der Waals surface area contributed by atoms with Gasteiger partial charge in [0.2, 0.25) is 0 Å². The molecule has 2 aromatic heterocycles. The highest BCUT2D eigenvalue weighted by molar-refractivity contribution is 6.30. The predicted molar refractivity (Wildman–Crippen MR) is 129 cm³/mol. The van der Waals surface area contributed by atoms with Gasteiger partial charge in [-0.1, -0.05) is 41.9 Å². The standard InChI is InChI=1S/C25H25ClN4O3/c1-16-6-3-7-17(2)21(16)30-23-22(24(31)29(25(30)32)14-20-10-5-11-33-20)28(15-27-23)13-18-8-4-9-19(26)12-18/h3-4,6-9,12,15,20H,5,10-11,13-14H2,1-2H3/t20-/m1/s1. The number of imidazole rings is 1. The zero-order valence-electron chi connectivity index (χ0n) is 18.6. The molecule has 1 saturated heterocycles. The van der Waals surface area contributed by atoms with E-state index in [1.54, 1.807) is 15.5 Å². The van der Waals surface area contributed by atoms with Crippen molar-refractivity contribution in [2.24, 2.45) is 0 Å². The first-order valence-corrected chi connectivity index (χ1v) is 11.4. The normalized spacial score (nSPS) is 16.0. The Morgan fingerprint density at radius 3 is 2.58 bits per heavy atom. The first-order chi connectivity index (χ1) is 15.9. The Bertz CT molecular complexity index is 1440. The van der Waals surface area contributed by atoms with Crippen LogP contribution in [0.2, 0.25) is 5.02 Å². The van der Waals surface area contributed by atoms with Gasteiger partial charge in [0.1, 0.15) is 0 Å². The van der Waals surface area contributed by atoms with Crippen molar-refractivity contribution in [3.63, 3.8) is 0 Å². The minimum absolute atomic E-state index is 0.149. The van der Waals surface area contributed by atoms with Gasteiger partial charge in [-0.05, 0) is 55.5 Å². The average molecular weight is 465 g/mol. The molecular formula is C25H25ClN4O3. The summed E-state index contributed by atoms with van der Waals surface area (Å²) in [5.74, 6) is 0. The zero-order chi connectivity index (χ0) is 23.1. The maximum absolute atomic E-state index is 13.7. The summed E-state index contributed by atoms with van der Waals surface area (Å²) in [7, 11) is 0. The summed E-state index contributed by atoms with van der Waals surface area (Å²) in [6.45, 7) is 5.20. The largest absolute Gasteiger partial charge is 0.376 e. The third-order valence-corrected chi connectivity index (χ3v) is 6.45. The van der Waals surface area contributed by atoms with Gasteiger partial charge in [-0.3, -0.25) is 9.36 Å². The third kappa shape index (κ3) is 3.92. The van der Waals surface area contributed by atoms with Crippen LogP contribution in [-0.4, -0.2) is 31.4 Å². The number of para-hydroxylation sites is 1. The number of rotatable bonds is 5. The van der Waals surface area contributed by atoms with Crippen molar-refractivity contribution in [3.05, 3.63) is 91.3 Å². The van der Waals surface area contributed by atoms with E-state index >= 15 is 0 Å². The fraction of sp³-hybridized carbons (Fsp3) is 0.320. The van der Waals surface area contributed by atoms with Crippen molar-refractivity contribution in [2.75, 3.05) is 6.61 Å². The molecule has 5 rings (SSSR count). The first kappa shape index (κ1) is 21.7. The van der Waals surface area contributed by atoms with E-state index in [1.165, 1.54) is 4.57 Å². The summed E-state index contributed by atoms with van der Waals surface area (Å²) >= 11 is 6.17. The van der Waals surface area contributed by atoms with E-state index in [2.05, 4.69) is 4.98 Å². The molecule has 2 aromatic carbocycles. The van der Waals surface area contributed by atoms with Crippen molar-refractivity contribution >= 4 is 22.8 Å². The molecule has 0 radical (unpaired) electrons. The van der Waals surface area contributed by atoms with Crippen LogP contribution in [0.4, 0.5) is 0 Å². The van der Waals surface area contributed by atoms with Crippen LogP contribution in [0.25, 0.3) is 16.9 Å². The molecule has 1 aliphatic heterocycles. The maximum atomic E-state index is 13.7. The summed E-state index contributed by atoms with van der Waals surface area (Å²) in [6.07, 6.45) is 3.23. The topological polar surface area (TPSA) is 71.1 Å². The SMILES string of the molecule is Cc1cccc(C)c1-n1c(=O)n(C[C@H]2CCCO2)c(=O)c2c1ncn2Cc1cccc(Cl)c1. The third-order valence-electron chi connectivity index (χ3n) is 6.22. The summed E-state index contributed by atoms with van der Waals surface area (Å²) in [5, 5.41) is 0.625. The molecule has 0 spiro atoms. The second-order valence-electron chi connectivity index (χ2n) is 8.58. The minimum Gasteiger partial charge on any atom is -0.376 e. The van der Waals surface area contributed by atoms with Crippen LogP contribution in [0.3, 0.4) is 0 Å². The lowest BCUT2D eigenvalue weighted by atomic mass is 10.1. The highest BCUT2D eigenvalue weighted by atomic mass is 35.5. The molecule has 0 bridgehead atoms. The first-order valence-electron chi connectivity index (χ1n) is 11.1. The Morgan fingerprint density at radius 1 is 1.12 bits per heavy atom. The summed E-state index contributed by atoms with van der Waals surface area (Å²) in [6, 6.07) is 13.4. The van der Waals surface area contributed by atoms with E-state index in [-0.39, 0.29) is 18.2 Å². The molecule has 33 heavy (non-hydrogen) atoms. The Balaban J connectivity index is 1.77. The van der Waals surface area contributed by atoms with Crippen LogP contribution in [0.5, 0.6) is 0 Å². The van der Waals surface area contributed by atoms with Gasteiger partial charge < -0.3 is 9.30 Å². The lowest BCUT2D eigenvalue weighted by molar-refractivity contribution is 0.0950. The number of hydrogen-bond acceptors (Lipinski definition) is 4. The van der Waals surface area contributed by atoms with Gasteiger partial charge in [0, 0.05) is 18.2 Å². The molecule has 0 aliphatic carbocycles. The number of aromatic nitrogens is 4. The Hall–Kier alpha value is -3.16. The van der Waals surface area contributed by atoms with Gasteiger partial charge >= 0.3 is 5.69 Å². The van der Waals surface area contributed by atoms with Gasteiger partial charge in [-0.25, -0.2) is 14.3 Å². The van der Waals surface area contributed by atoms with E-state index in [1.807, 2.05) is 56.3 Å². The second kappa shape index (κ2) is 8.65. The van der Waals surface area contributed by atoms with Crippen LogP contribution in [0, 0.1) is 13.8 Å². The average Bonchev–Trinajstić information content (AvgIpc) is 3.43. The van der Waals surface area contributed by atoms with Crippen molar-refractivity contribution in [1.82, 2.24) is 18.7 Å². The monoisotopic (exact) mass is 464 g/mol. The number of aryl methyl sites for hydroxylation is 2. The number of halogens is 1. The molecule has 170 valence electrons. The van der Waals surface area contributed by atoms with Crippen LogP contribution in [-0.2, 0) is 17.8 Å². The predicted octanol–water partition coefficient (Wildman–Crippen LogP) is 3.85. The van der Waals surface area contributed by atoms with E-state index < -0.39 is 5.69 Å². The number of ether oxygens (including phenoxy) is 1. The van der Waals surface area contributed by atoms with Gasteiger partial charge in [0.15, 0.2) is 11.2 Å². The molecule has 0 saturated carbocycles. The van der Waals surface area contributed by atoms with Crippen LogP contribution in [0.15, 0.2) is 58.4 Å². The summed E-state index contributed by atoms with van der Waals surface area (Å²) in [4.78, 5) is 31.9. The van der Waals surface area contributed by atoms with Gasteiger partial charge in [-0.15, -0.1) is 0 Å². The molecule has 4 aromatic rings. The molecule has 1 atom stereocenters. The quantitative estimate of drug-likeness (QED) is 0.450. The molecule has 0 amide bonds. The molecular weight excluding hydrogens is 440 g/mol. The Labute approximate surface area is 195 Å². The molecule has 0 unspecified atom stereocenters. The van der Waals surface area contributed by atoms with Crippen LogP contribution >= 0.6 is 11.6 Å². The highest BCUT2D eigenvalue weighted by Gasteiger charge is 2.24. The number of hydrogen-bond donors (Lipinski definition) is 0. The Morgan fingerprint density at radius 2 is 1.88 bits per heavy atom. The minimum atomic E-state index is -0.395. The van der Waals surface area contributed by atoms with E-state index in [4.69, 9.17) is 16.3 Å². The van der Waals surface area contributed by atoms with Crippen LogP contribution < -0.4 is 11.2 Å². The van der Waals surface area contributed by atoms with Gasteiger partial charge in [0.05, 0.1) is 24.7 Å². The fourth-order valence-corrected chi connectivity index (χ4v) is 4.86. The van der Waals surface area contributed by atoms with Crippen molar-refractivity contribution < 1.29 is 4.74 Å². The highest BCUT2D eigenvalue weighted by Crippen LogP contribution is 2.22. The molecule has 1 fully saturated rings. The lowest BCUT2D eigenvalue weighted by Gasteiger charge is -2.17. The fourth-order valence-electron chi connectivity index (χ4n) is 4.64. The van der Waals surface area contributed by atoms with Crippen LogP contribution in [0.1, 0.15) is 29.5 Å². The molecule has 8 heteroatoms. The van der Waals surface area contributed by atoms with Crippen molar-refractivity contribution in [3.8, 4) is 5.69 Å². The van der Waals surface area contributed by atoms with E-state index in [9.17, 15) is 9.59 Å². The molecule has 0 N–H and O–H groups in total. The lowest BCUT2D eigenvalue weighted by Crippen LogP contribution is -2.42. The number of nitrogens with zero attached hydrogens (tertiary/aromatic N) is 4. The zero-order valence-corrected chi connectivity index (χ0v) is 19.4. The second-order valence-corrected chi connectivity index (χ2v) is 9.02. The van der Waals surface area contributed by atoms with Gasteiger partial charge in [-0.2, -0.15) is 0 Å². The van der Waals surface area contributed by atoms with Crippen molar-refractivity contribution in [1.29, 1.82) is 0 Å². The smallest absolute Gasteiger partial charge is 0.337 e. The van der Waals surface area contributed by atoms with Crippen molar-refractivity contribution in [2.45, 2.75) is 45.9 Å². The molecule has 7 nitrogen and oxygen atoms in total. The van der Waals surface area contributed by atoms with E-state index in [0.717, 1.165) is 35.2 Å². The Kier molecular flexibility index (Phi) is 5.68. The summed E-state index contributed by atoms with van der Waals surface area (Å²) < 4.78 is 10.4. The number of fused-ring (bicyclic) bond motifs is 1.